The molecule has 9 nitrogen and oxygen atoms in total. The molecule has 1 aliphatic heterocycles. The highest BCUT2D eigenvalue weighted by atomic mass is 32.2. The van der Waals surface area contributed by atoms with Crippen molar-refractivity contribution in [3.8, 4) is 11.5 Å². The van der Waals surface area contributed by atoms with E-state index in [1.165, 1.54) is 11.0 Å². The van der Waals surface area contributed by atoms with E-state index in [9.17, 15) is 18.0 Å². The molecule has 2 aromatic carbocycles. The molecule has 1 atom stereocenters. The maximum Gasteiger partial charge on any atom is 0.244 e. The zero-order valence-corrected chi connectivity index (χ0v) is 21.8. The Morgan fingerprint density at radius 3 is 2.37 bits per heavy atom. The lowest BCUT2D eigenvalue weighted by Crippen LogP contribution is -2.54. The molecule has 0 aliphatic carbocycles. The number of rotatable bonds is 8. The fourth-order valence-corrected chi connectivity index (χ4v) is 4.52. The Balaban J connectivity index is 1.93. The van der Waals surface area contributed by atoms with E-state index in [-0.39, 0.29) is 24.9 Å². The van der Waals surface area contributed by atoms with Gasteiger partial charge in [-0.15, -0.1) is 0 Å². The highest BCUT2D eigenvalue weighted by Crippen LogP contribution is 2.36. The van der Waals surface area contributed by atoms with Crippen LogP contribution in [-0.2, 0) is 26.2 Å². The van der Waals surface area contributed by atoms with Crippen molar-refractivity contribution in [2.24, 2.45) is 0 Å². The van der Waals surface area contributed by atoms with Crippen molar-refractivity contribution >= 4 is 27.5 Å². The van der Waals surface area contributed by atoms with Gasteiger partial charge < -0.3 is 19.7 Å². The summed E-state index contributed by atoms with van der Waals surface area (Å²) in [4.78, 5) is 28.0. The number of aryl methyl sites for hydroxylation is 1. The van der Waals surface area contributed by atoms with E-state index >= 15 is 0 Å². The van der Waals surface area contributed by atoms with Crippen LogP contribution >= 0.6 is 0 Å². The first kappa shape index (κ1) is 26.3. The molecule has 1 N–H and O–H groups in total. The van der Waals surface area contributed by atoms with E-state index in [0.717, 1.165) is 21.7 Å². The van der Waals surface area contributed by atoms with Gasteiger partial charge in [0.1, 0.15) is 12.6 Å². The Bertz CT molecular complexity index is 1210. The summed E-state index contributed by atoms with van der Waals surface area (Å²) in [5, 5.41) is 2.90. The first-order chi connectivity index (χ1) is 16.3. The standard InChI is InChI=1S/C25H33N3O6S/c1-17-9-7-8-10-19(17)14-27(18(2)24(30)26-25(3,4)5)23(29)15-28(35(6,31)32)20-11-12-21-22(13-20)34-16-33-21/h7-13,18H,14-16H2,1-6H3,(H,26,30)/t18-/m0/s1. The van der Waals surface area contributed by atoms with Crippen molar-refractivity contribution in [2.75, 3.05) is 23.9 Å². The summed E-state index contributed by atoms with van der Waals surface area (Å²) in [7, 11) is -3.83. The van der Waals surface area contributed by atoms with Gasteiger partial charge in [-0.05, 0) is 57.9 Å². The van der Waals surface area contributed by atoms with Crippen LogP contribution < -0.4 is 19.1 Å². The molecule has 0 radical (unpaired) electrons. The average Bonchev–Trinajstić information content (AvgIpc) is 3.22. The maximum atomic E-state index is 13.6. The van der Waals surface area contributed by atoms with Crippen molar-refractivity contribution in [2.45, 2.75) is 52.7 Å². The summed E-state index contributed by atoms with van der Waals surface area (Å²) in [6, 6.07) is 11.4. The molecule has 190 valence electrons. The highest BCUT2D eigenvalue weighted by molar-refractivity contribution is 7.92. The first-order valence-corrected chi connectivity index (χ1v) is 13.1. The minimum Gasteiger partial charge on any atom is -0.454 e. The second-order valence-electron chi connectivity index (χ2n) is 9.67. The third kappa shape index (κ3) is 6.66. The number of hydrogen-bond acceptors (Lipinski definition) is 6. The minimum atomic E-state index is -3.83. The van der Waals surface area contributed by atoms with Gasteiger partial charge in [-0.1, -0.05) is 24.3 Å². The van der Waals surface area contributed by atoms with Gasteiger partial charge in [-0.3, -0.25) is 13.9 Å². The number of fused-ring (bicyclic) bond motifs is 1. The molecule has 10 heteroatoms. The molecule has 2 aromatic rings. The number of benzene rings is 2. The predicted octanol–water partition coefficient (Wildman–Crippen LogP) is 2.82. The summed E-state index contributed by atoms with van der Waals surface area (Å²) in [6.07, 6.45) is 1.03. The minimum absolute atomic E-state index is 0.0429. The average molecular weight is 504 g/mol. The summed E-state index contributed by atoms with van der Waals surface area (Å²) in [6.45, 7) is 8.86. The molecule has 0 bridgehead atoms. The van der Waals surface area contributed by atoms with Crippen LogP contribution in [0.3, 0.4) is 0 Å². The molecule has 0 fully saturated rings. The van der Waals surface area contributed by atoms with Crippen molar-refractivity contribution in [3.05, 3.63) is 53.6 Å². The number of anilines is 1. The first-order valence-electron chi connectivity index (χ1n) is 11.3. The third-order valence-corrected chi connectivity index (χ3v) is 6.73. The van der Waals surface area contributed by atoms with Gasteiger partial charge in [0, 0.05) is 18.2 Å². The summed E-state index contributed by atoms with van der Waals surface area (Å²) >= 11 is 0. The van der Waals surface area contributed by atoms with Gasteiger partial charge >= 0.3 is 0 Å². The Kier molecular flexibility index (Phi) is 7.64. The summed E-state index contributed by atoms with van der Waals surface area (Å²) in [5.41, 5.74) is 1.61. The monoisotopic (exact) mass is 503 g/mol. The van der Waals surface area contributed by atoms with Gasteiger partial charge in [-0.2, -0.15) is 0 Å². The number of sulfonamides is 1. The van der Waals surface area contributed by atoms with E-state index in [4.69, 9.17) is 9.47 Å². The van der Waals surface area contributed by atoms with E-state index in [0.29, 0.717) is 11.5 Å². The molecule has 0 aromatic heterocycles. The van der Waals surface area contributed by atoms with Crippen molar-refractivity contribution < 1.29 is 27.5 Å². The van der Waals surface area contributed by atoms with E-state index < -0.39 is 34.1 Å². The van der Waals surface area contributed by atoms with Crippen LogP contribution in [0, 0.1) is 6.92 Å². The molecular weight excluding hydrogens is 470 g/mol. The molecule has 2 amide bonds. The van der Waals surface area contributed by atoms with Crippen molar-refractivity contribution in [1.82, 2.24) is 10.2 Å². The smallest absolute Gasteiger partial charge is 0.244 e. The fourth-order valence-electron chi connectivity index (χ4n) is 3.68. The fraction of sp³-hybridized carbons (Fsp3) is 0.440. The normalized spacial score (nSPS) is 13.8. The summed E-state index contributed by atoms with van der Waals surface area (Å²) in [5.74, 6) is 0.0711. The SMILES string of the molecule is Cc1ccccc1CN(C(=O)CN(c1ccc2c(c1)OCO2)S(C)(=O)=O)[C@@H](C)C(=O)NC(C)(C)C. The molecule has 3 rings (SSSR count). The Labute approximate surface area is 207 Å². The van der Waals surface area contributed by atoms with Crippen LogP contribution in [-0.4, -0.2) is 56.3 Å². The molecule has 0 unspecified atom stereocenters. The van der Waals surface area contributed by atoms with Crippen LogP contribution in [0.25, 0.3) is 0 Å². The quantitative estimate of drug-likeness (QED) is 0.594. The molecule has 1 aliphatic rings. The van der Waals surface area contributed by atoms with Crippen LogP contribution in [0.5, 0.6) is 11.5 Å². The van der Waals surface area contributed by atoms with Crippen molar-refractivity contribution in [1.29, 1.82) is 0 Å². The van der Waals surface area contributed by atoms with Gasteiger partial charge in [-0.25, -0.2) is 8.42 Å². The van der Waals surface area contributed by atoms with Crippen LogP contribution in [0.15, 0.2) is 42.5 Å². The van der Waals surface area contributed by atoms with Crippen molar-refractivity contribution in [3.63, 3.8) is 0 Å². The zero-order chi connectivity index (χ0) is 26.0. The van der Waals surface area contributed by atoms with E-state index in [2.05, 4.69) is 5.32 Å². The molecule has 0 spiro atoms. The van der Waals surface area contributed by atoms with Gasteiger partial charge in [0.2, 0.25) is 28.6 Å². The lowest BCUT2D eigenvalue weighted by atomic mass is 10.1. The van der Waals surface area contributed by atoms with Crippen LogP contribution in [0.4, 0.5) is 5.69 Å². The number of ether oxygens (including phenoxy) is 2. The number of carbonyl (C=O) groups is 2. The maximum absolute atomic E-state index is 13.6. The number of hydrogen-bond donors (Lipinski definition) is 1. The van der Waals surface area contributed by atoms with Gasteiger partial charge in [0.05, 0.1) is 11.9 Å². The third-order valence-electron chi connectivity index (χ3n) is 5.59. The van der Waals surface area contributed by atoms with E-state index in [1.807, 2.05) is 52.0 Å². The Morgan fingerprint density at radius 1 is 1.09 bits per heavy atom. The topological polar surface area (TPSA) is 105 Å². The molecular formula is C25H33N3O6S. The molecule has 0 saturated carbocycles. The second-order valence-corrected chi connectivity index (χ2v) is 11.6. The predicted molar refractivity (Wildman–Crippen MR) is 134 cm³/mol. The lowest BCUT2D eigenvalue weighted by Gasteiger charge is -2.33. The second kappa shape index (κ2) is 10.2. The zero-order valence-electron chi connectivity index (χ0n) is 21.0. The largest absolute Gasteiger partial charge is 0.454 e. The van der Waals surface area contributed by atoms with Gasteiger partial charge in [0.15, 0.2) is 11.5 Å². The lowest BCUT2D eigenvalue weighted by molar-refractivity contribution is -0.140. The summed E-state index contributed by atoms with van der Waals surface area (Å²) < 4.78 is 37.1. The Morgan fingerprint density at radius 2 is 1.74 bits per heavy atom. The number of nitrogens with one attached hydrogen (secondary N) is 1. The van der Waals surface area contributed by atoms with Crippen LogP contribution in [0.1, 0.15) is 38.8 Å². The number of nitrogens with zero attached hydrogens (tertiary/aromatic N) is 2. The van der Waals surface area contributed by atoms with Gasteiger partial charge in [0.25, 0.3) is 0 Å². The number of amides is 2. The molecule has 0 saturated heterocycles. The van der Waals surface area contributed by atoms with E-state index in [1.54, 1.807) is 19.1 Å². The molecule has 35 heavy (non-hydrogen) atoms. The number of carbonyl (C=O) groups excluding carboxylic acids is 2. The highest BCUT2D eigenvalue weighted by Gasteiger charge is 2.32. The molecule has 1 heterocycles. The Hall–Kier alpha value is -3.27. The van der Waals surface area contributed by atoms with Crippen LogP contribution in [0.2, 0.25) is 0 Å².